The van der Waals surface area contributed by atoms with E-state index in [0.29, 0.717) is 6.04 Å². The predicted molar refractivity (Wildman–Crippen MR) is 73.1 cm³/mol. The van der Waals surface area contributed by atoms with E-state index >= 15 is 0 Å². The summed E-state index contributed by atoms with van der Waals surface area (Å²) in [7, 11) is 0. The molecule has 0 aliphatic rings. The molecule has 2 rings (SSSR count). The van der Waals surface area contributed by atoms with Crippen molar-refractivity contribution in [3.8, 4) is 5.69 Å². The van der Waals surface area contributed by atoms with Crippen molar-refractivity contribution in [1.29, 1.82) is 0 Å². The van der Waals surface area contributed by atoms with Crippen LogP contribution in [0.5, 0.6) is 0 Å². The summed E-state index contributed by atoms with van der Waals surface area (Å²) in [5, 5.41) is 12.3. The topological polar surface area (TPSA) is 42.7 Å². The lowest BCUT2D eigenvalue weighted by Crippen LogP contribution is -2.21. The average molecular weight is 265 g/mol. The van der Waals surface area contributed by atoms with Crippen molar-refractivity contribution < 1.29 is 0 Å². The van der Waals surface area contributed by atoms with Gasteiger partial charge in [-0.15, -0.1) is 5.10 Å². The van der Waals surface area contributed by atoms with Crippen LogP contribution in [0.15, 0.2) is 24.4 Å². The minimum atomic E-state index is 0.437. The van der Waals surface area contributed by atoms with E-state index in [4.69, 9.17) is 11.6 Å². The van der Waals surface area contributed by atoms with Crippen molar-refractivity contribution in [2.24, 2.45) is 0 Å². The first kappa shape index (κ1) is 13.1. The van der Waals surface area contributed by atoms with Crippen molar-refractivity contribution >= 4 is 11.6 Å². The summed E-state index contributed by atoms with van der Waals surface area (Å²) >= 11 is 5.94. The first-order chi connectivity index (χ1) is 8.56. The van der Waals surface area contributed by atoms with Crippen LogP contribution in [0.25, 0.3) is 5.69 Å². The second-order valence-electron chi connectivity index (χ2n) is 4.62. The smallest absolute Gasteiger partial charge is 0.0969 e. The van der Waals surface area contributed by atoms with Gasteiger partial charge in [-0.05, 0) is 30.7 Å². The van der Waals surface area contributed by atoms with Crippen LogP contribution in [0.4, 0.5) is 0 Å². The molecule has 18 heavy (non-hydrogen) atoms. The molecule has 1 aromatic heterocycles. The SMILES string of the molecule is Cc1cc(Cl)ccc1-n1cc(CNC(C)C)nn1. The Morgan fingerprint density at radius 3 is 2.83 bits per heavy atom. The highest BCUT2D eigenvalue weighted by Gasteiger charge is 2.06. The van der Waals surface area contributed by atoms with Crippen molar-refractivity contribution in [2.45, 2.75) is 33.4 Å². The molecular weight excluding hydrogens is 248 g/mol. The van der Waals surface area contributed by atoms with Gasteiger partial charge in [0.25, 0.3) is 0 Å². The van der Waals surface area contributed by atoms with Crippen molar-refractivity contribution in [3.63, 3.8) is 0 Å². The van der Waals surface area contributed by atoms with Gasteiger partial charge in [0.15, 0.2) is 0 Å². The third kappa shape index (κ3) is 3.09. The summed E-state index contributed by atoms with van der Waals surface area (Å²) in [6.07, 6.45) is 1.94. The Hall–Kier alpha value is -1.39. The summed E-state index contributed by atoms with van der Waals surface area (Å²) in [5.74, 6) is 0. The number of hydrogen-bond donors (Lipinski definition) is 1. The number of hydrogen-bond acceptors (Lipinski definition) is 3. The van der Waals surface area contributed by atoms with Gasteiger partial charge in [-0.25, -0.2) is 4.68 Å². The third-order valence-electron chi connectivity index (χ3n) is 2.64. The van der Waals surface area contributed by atoms with Gasteiger partial charge in [0.2, 0.25) is 0 Å². The van der Waals surface area contributed by atoms with Crippen molar-refractivity contribution in [2.75, 3.05) is 0 Å². The largest absolute Gasteiger partial charge is 0.309 e. The average Bonchev–Trinajstić information content (AvgIpc) is 2.75. The number of aryl methyl sites for hydroxylation is 1. The van der Waals surface area contributed by atoms with Gasteiger partial charge < -0.3 is 5.32 Å². The van der Waals surface area contributed by atoms with Crippen molar-refractivity contribution in [3.05, 3.63) is 40.7 Å². The number of nitrogens with zero attached hydrogens (tertiary/aromatic N) is 3. The predicted octanol–water partition coefficient (Wildman–Crippen LogP) is 2.73. The zero-order chi connectivity index (χ0) is 13.1. The van der Waals surface area contributed by atoms with Gasteiger partial charge in [-0.3, -0.25) is 0 Å². The van der Waals surface area contributed by atoms with E-state index in [9.17, 15) is 0 Å². The molecule has 0 spiro atoms. The lowest BCUT2D eigenvalue weighted by molar-refractivity contribution is 0.580. The van der Waals surface area contributed by atoms with Gasteiger partial charge in [0, 0.05) is 17.6 Å². The van der Waals surface area contributed by atoms with E-state index in [-0.39, 0.29) is 0 Å². The Bertz CT molecular complexity index is 534. The molecule has 96 valence electrons. The molecule has 1 aromatic carbocycles. The lowest BCUT2D eigenvalue weighted by Gasteiger charge is -2.05. The van der Waals surface area contributed by atoms with Crippen LogP contribution in [-0.2, 0) is 6.54 Å². The van der Waals surface area contributed by atoms with Crippen LogP contribution in [0.2, 0.25) is 5.02 Å². The van der Waals surface area contributed by atoms with Gasteiger partial charge >= 0.3 is 0 Å². The minimum absolute atomic E-state index is 0.437. The zero-order valence-corrected chi connectivity index (χ0v) is 11.6. The highest BCUT2D eigenvalue weighted by Crippen LogP contribution is 2.18. The summed E-state index contributed by atoms with van der Waals surface area (Å²) in [6.45, 7) is 6.95. The summed E-state index contributed by atoms with van der Waals surface area (Å²) in [4.78, 5) is 0. The molecule has 0 aliphatic heterocycles. The Labute approximate surface area is 112 Å². The summed E-state index contributed by atoms with van der Waals surface area (Å²) < 4.78 is 1.78. The Morgan fingerprint density at radius 1 is 1.39 bits per heavy atom. The number of nitrogens with one attached hydrogen (secondary N) is 1. The van der Waals surface area contributed by atoms with Gasteiger partial charge in [0.1, 0.15) is 0 Å². The molecule has 0 fully saturated rings. The maximum Gasteiger partial charge on any atom is 0.0969 e. The van der Waals surface area contributed by atoms with E-state index in [1.807, 2.05) is 31.3 Å². The second-order valence-corrected chi connectivity index (χ2v) is 5.06. The maximum atomic E-state index is 5.94. The minimum Gasteiger partial charge on any atom is -0.309 e. The number of aromatic nitrogens is 3. The third-order valence-corrected chi connectivity index (χ3v) is 2.87. The van der Waals surface area contributed by atoms with Gasteiger partial charge in [-0.2, -0.15) is 0 Å². The molecule has 1 N–H and O–H groups in total. The van der Waals surface area contributed by atoms with E-state index in [2.05, 4.69) is 29.5 Å². The van der Waals surface area contributed by atoms with Gasteiger partial charge in [-0.1, -0.05) is 30.7 Å². The lowest BCUT2D eigenvalue weighted by atomic mass is 10.2. The maximum absolute atomic E-state index is 5.94. The molecule has 2 aromatic rings. The Morgan fingerprint density at radius 2 is 2.17 bits per heavy atom. The molecule has 0 saturated heterocycles. The monoisotopic (exact) mass is 264 g/mol. The fourth-order valence-corrected chi connectivity index (χ4v) is 1.91. The molecule has 0 atom stereocenters. The standard InChI is InChI=1S/C13H17ClN4/c1-9(2)15-7-12-8-18(17-16-12)13-5-4-11(14)6-10(13)3/h4-6,8-9,15H,7H2,1-3H3. The molecule has 1 heterocycles. The molecule has 0 radical (unpaired) electrons. The normalized spacial score (nSPS) is 11.2. The molecular formula is C13H17ClN4. The zero-order valence-electron chi connectivity index (χ0n) is 10.8. The van der Waals surface area contributed by atoms with Crippen LogP contribution >= 0.6 is 11.6 Å². The fourth-order valence-electron chi connectivity index (χ4n) is 1.68. The van der Waals surface area contributed by atoms with Crippen molar-refractivity contribution in [1.82, 2.24) is 20.3 Å². The molecule has 0 amide bonds. The number of rotatable bonds is 4. The molecule has 0 saturated carbocycles. The van der Waals surface area contributed by atoms with Crippen LogP contribution < -0.4 is 5.32 Å². The summed E-state index contributed by atoms with van der Waals surface area (Å²) in [5.41, 5.74) is 3.01. The quantitative estimate of drug-likeness (QED) is 0.923. The first-order valence-corrected chi connectivity index (χ1v) is 6.35. The molecule has 0 aliphatic carbocycles. The second kappa shape index (κ2) is 5.50. The van der Waals surface area contributed by atoms with E-state index in [0.717, 1.165) is 28.5 Å². The van der Waals surface area contributed by atoms with Crippen LogP contribution in [0, 0.1) is 6.92 Å². The Kier molecular flexibility index (Phi) is 3.99. The van der Waals surface area contributed by atoms with Crippen LogP contribution in [-0.4, -0.2) is 21.0 Å². The number of halogens is 1. The highest BCUT2D eigenvalue weighted by atomic mass is 35.5. The van der Waals surface area contributed by atoms with E-state index in [1.165, 1.54) is 0 Å². The van der Waals surface area contributed by atoms with Crippen LogP contribution in [0.3, 0.4) is 0 Å². The first-order valence-electron chi connectivity index (χ1n) is 5.97. The molecule has 0 bridgehead atoms. The highest BCUT2D eigenvalue weighted by molar-refractivity contribution is 6.30. The Balaban J connectivity index is 2.18. The van der Waals surface area contributed by atoms with Crippen LogP contribution in [0.1, 0.15) is 25.1 Å². The van der Waals surface area contributed by atoms with E-state index in [1.54, 1.807) is 4.68 Å². The van der Waals surface area contributed by atoms with E-state index < -0.39 is 0 Å². The summed E-state index contributed by atoms with van der Waals surface area (Å²) in [6, 6.07) is 6.17. The van der Waals surface area contributed by atoms with Gasteiger partial charge in [0.05, 0.1) is 17.6 Å². The molecule has 5 heteroatoms. The fraction of sp³-hybridized carbons (Fsp3) is 0.385. The molecule has 4 nitrogen and oxygen atoms in total. The number of benzene rings is 1. The molecule has 0 unspecified atom stereocenters.